The number of rotatable bonds is 4. The summed E-state index contributed by atoms with van der Waals surface area (Å²) in [5, 5.41) is 4.14. The summed E-state index contributed by atoms with van der Waals surface area (Å²) in [4.78, 5) is 13.7. The van der Waals surface area contributed by atoms with E-state index in [0.29, 0.717) is 36.3 Å². The number of aryl methyl sites for hydroxylation is 1. The molecule has 2 rings (SSSR count). The summed E-state index contributed by atoms with van der Waals surface area (Å²) in [6.07, 6.45) is 1.51. The summed E-state index contributed by atoms with van der Waals surface area (Å²) >= 11 is 6.16. The fourth-order valence-electron chi connectivity index (χ4n) is 2.58. The summed E-state index contributed by atoms with van der Waals surface area (Å²) in [5.41, 5.74) is 8.58. The standard InChI is InChI=1S/C17H26ClN3O2/c1-11(2)10-23-17(22)21-6-4-13(5-7-21)20-16-9-14(18)12(3)8-15(16)19/h8-9,11,13,20H,4-7,10,19H2,1-3H3. The molecule has 1 saturated heterocycles. The number of nitrogens with two attached hydrogens (primary N) is 1. The average molecular weight is 340 g/mol. The Balaban J connectivity index is 1.85. The van der Waals surface area contributed by atoms with Crippen molar-refractivity contribution in [2.24, 2.45) is 5.92 Å². The first-order valence-corrected chi connectivity index (χ1v) is 8.48. The predicted molar refractivity (Wildman–Crippen MR) is 95.0 cm³/mol. The quantitative estimate of drug-likeness (QED) is 0.816. The molecule has 0 atom stereocenters. The zero-order valence-corrected chi connectivity index (χ0v) is 14.8. The van der Waals surface area contributed by atoms with Gasteiger partial charge in [0.25, 0.3) is 0 Å². The first-order valence-electron chi connectivity index (χ1n) is 8.10. The molecule has 0 radical (unpaired) electrons. The lowest BCUT2D eigenvalue weighted by molar-refractivity contribution is 0.0845. The Morgan fingerprint density at radius 3 is 2.70 bits per heavy atom. The van der Waals surface area contributed by atoms with Crippen molar-refractivity contribution in [2.75, 3.05) is 30.7 Å². The van der Waals surface area contributed by atoms with E-state index in [9.17, 15) is 4.79 Å². The van der Waals surface area contributed by atoms with Crippen molar-refractivity contribution in [1.29, 1.82) is 0 Å². The maximum Gasteiger partial charge on any atom is 0.409 e. The molecule has 0 bridgehead atoms. The second-order valence-electron chi connectivity index (χ2n) is 6.57. The van der Waals surface area contributed by atoms with Gasteiger partial charge in [-0.1, -0.05) is 25.4 Å². The molecule has 5 nitrogen and oxygen atoms in total. The number of carbonyl (C=O) groups excluding carboxylic acids is 1. The maximum atomic E-state index is 11.9. The van der Waals surface area contributed by atoms with E-state index in [1.54, 1.807) is 4.90 Å². The van der Waals surface area contributed by atoms with Crippen LogP contribution in [0.4, 0.5) is 16.2 Å². The molecule has 1 aliphatic rings. The third-order valence-electron chi connectivity index (χ3n) is 3.98. The molecule has 1 heterocycles. The third-order valence-corrected chi connectivity index (χ3v) is 4.39. The van der Waals surface area contributed by atoms with E-state index in [0.717, 1.165) is 24.1 Å². The number of piperidine rings is 1. The summed E-state index contributed by atoms with van der Waals surface area (Å²) < 4.78 is 5.27. The third kappa shape index (κ3) is 4.93. The van der Waals surface area contributed by atoms with Crippen molar-refractivity contribution in [3.05, 3.63) is 22.7 Å². The molecule has 0 unspecified atom stereocenters. The van der Waals surface area contributed by atoms with E-state index >= 15 is 0 Å². The second-order valence-corrected chi connectivity index (χ2v) is 6.97. The first kappa shape index (κ1) is 17.7. The lowest BCUT2D eigenvalue weighted by Gasteiger charge is -2.32. The number of anilines is 2. The largest absolute Gasteiger partial charge is 0.449 e. The van der Waals surface area contributed by atoms with Gasteiger partial charge in [-0.05, 0) is 43.4 Å². The Morgan fingerprint density at radius 2 is 2.09 bits per heavy atom. The van der Waals surface area contributed by atoms with E-state index in [-0.39, 0.29) is 12.1 Å². The number of hydrogen-bond acceptors (Lipinski definition) is 4. The van der Waals surface area contributed by atoms with Gasteiger partial charge in [0.2, 0.25) is 0 Å². The first-order chi connectivity index (χ1) is 10.9. The van der Waals surface area contributed by atoms with Crippen molar-refractivity contribution in [1.82, 2.24) is 4.90 Å². The molecule has 0 spiro atoms. The molecular weight excluding hydrogens is 314 g/mol. The highest BCUT2D eigenvalue weighted by molar-refractivity contribution is 6.31. The van der Waals surface area contributed by atoms with Gasteiger partial charge in [-0.25, -0.2) is 4.79 Å². The molecule has 1 aromatic rings. The van der Waals surface area contributed by atoms with Gasteiger partial charge >= 0.3 is 6.09 Å². The molecule has 1 aromatic carbocycles. The number of benzene rings is 1. The number of nitrogen functional groups attached to an aromatic ring is 1. The van der Waals surface area contributed by atoms with Crippen molar-refractivity contribution < 1.29 is 9.53 Å². The fourth-order valence-corrected chi connectivity index (χ4v) is 2.75. The highest BCUT2D eigenvalue weighted by Crippen LogP contribution is 2.28. The Kier molecular flexibility index (Phi) is 5.99. The van der Waals surface area contributed by atoms with Crippen LogP contribution in [-0.2, 0) is 4.74 Å². The normalized spacial score (nSPS) is 15.8. The van der Waals surface area contributed by atoms with Gasteiger partial charge < -0.3 is 20.7 Å². The number of halogens is 1. The SMILES string of the molecule is Cc1cc(N)c(NC2CCN(C(=O)OCC(C)C)CC2)cc1Cl. The number of nitrogens with zero attached hydrogens (tertiary/aromatic N) is 1. The van der Waals surface area contributed by atoms with Gasteiger partial charge in [-0.15, -0.1) is 0 Å². The van der Waals surface area contributed by atoms with Crippen LogP contribution in [0.2, 0.25) is 5.02 Å². The number of hydrogen-bond donors (Lipinski definition) is 2. The Hall–Kier alpha value is -1.62. The van der Waals surface area contributed by atoms with Crippen LogP contribution in [0.15, 0.2) is 12.1 Å². The van der Waals surface area contributed by atoms with E-state index < -0.39 is 0 Å². The van der Waals surface area contributed by atoms with Crippen LogP contribution in [0.1, 0.15) is 32.3 Å². The maximum absolute atomic E-state index is 11.9. The zero-order valence-electron chi connectivity index (χ0n) is 14.1. The number of carbonyl (C=O) groups is 1. The smallest absolute Gasteiger partial charge is 0.409 e. The lowest BCUT2D eigenvalue weighted by atomic mass is 10.0. The van der Waals surface area contributed by atoms with Crippen LogP contribution < -0.4 is 11.1 Å². The van der Waals surface area contributed by atoms with Crippen LogP contribution in [0.5, 0.6) is 0 Å². The molecule has 1 amide bonds. The number of amides is 1. The van der Waals surface area contributed by atoms with Gasteiger partial charge in [-0.3, -0.25) is 0 Å². The van der Waals surface area contributed by atoms with Gasteiger partial charge in [0.1, 0.15) is 0 Å². The van der Waals surface area contributed by atoms with Crippen LogP contribution in [0.3, 0.4) is 0 Å². The zero-order chi connectivity index (χ0) is 17.0. The molecule has 0 aromatic heterocycles. The second kappa shape index (κ2) is 7.77. The van der Waals surface area contributed by atoms with E-state index in [4.69, 9.17) is 22.1 Å². The Bertz CT molecular complexity index is 555. The van der Waals surface area contributed by atoms with Crippen LogP contribution in [0.25, 0.3) is 0 Å². The molecule has 128 valence electrons. The topological polar surface area (TPSA) is 67.6 Å². The Labute approximate surface area is 143 Å². The average Bonchev–Trinajstić information content (AvgIpc) is 2.51. The molecule has 0 aliphatic carbocycles. The minimum atomic E-state index is -0.213. The summed E-state index contributed by atoms with van der Waals surface area (Å²) in [5.74, 6) is 0.354. The summed E-state index contributed by atoms with van der Waals surface area (Å²) in [7, 11) is 0. The van der Waals surface area contributed by atoms with Gasteiger partial charge in [-0.2, -0.15) is 0 Å². The fraction of sp³-hybridized carbons (Fsp3) is 0.588. The Morgan fingerprint density at radius 1 is 1.43 bits per heavy atom. The summed E-state index contributed by atoms with van der Waals surface area (Å²) in [6, 6.07) is 4.03. The van der Waals surface area contributed by atoms with Crippen LogP contribution >= 0.6 is 11.6 Å². The molecule has 23 heavy (non-hydrogen) atoms. The summed E-state index contributed by atoms with van der Waals surface area (Å²) in [6.45, 7) is 7.84. The van der Waals surface area contributed by atoms with Gasteiger partial charge in [0, 0.05) is 24.2 Å². The van der Waals surface area contributed by atoms with Gasteiger partial charge in [0.05, 0.1) is 18.0 Å². The molecule has 1 fully saturated rings. The molecule has 3 N–H and O–H groups in total. The molecular formula is C17H26ClN3O2. The van der Waals surface area contributed by atoms with Gasteiger partial charge in [0.15, 0.2) is 0 Å². The van der Waals surface area contributed by atoms with Crippen molar-refractivity contribution in [3.63, 3.8) is 0 Å². The van der Waals surface area contributed by atoms with E-state index in [2.05, 4.69) is 5.32 Å². The van der Waals surface area contributed by atoms with E-state index in [1.807, 2.05) is 32.9 Å². The van der Waals surface area contributed by atoms with E-state index in [1.165, 1.54) is 0 Å². The minimum absolute atomic E-state index is 0.213. The number of ether oxygens (including phenoxy) is 1. The van der Waals surface area contributed by atoms with Crippen molar-refractivity contribution >= 4 is 29.1 Å². The van der Waals surface area contributed by atoms with Crippen molar-refractivity contribution in [3.8, 4) is 0 Å². The highest BCUT2D eigenvalue weighted by atomic mass is 35.5. The monoisotopic (exact) mass is 339 g/mol. The van der Waals surface area contributed by atoms with Crippen LogP contribution in [-0.4, -0.2) is 36.7 Å². The molecule has 6 heteroatoms. The highest BCUT2D eigenvalue weighted by Gasteiger charge is 2.24. The lowest BCUT2D eigenvalue weighted by Crippen LogP contribution is -2.43. The molecule has 0 saturated carbocycles. The minimum Gasteiger partial charge on any atom is -0.449 e. The predicted octanol–water partition coefficient (Wildman–Crippen LogP) is 3.90. The van der Waals surface area contributed by atoms with Crippen molar-refractivity contribution in [2.45, 2.75) is 39.7 Å². The molecule has 1 aliphatic heterocycles. The number of nitrogens with one attached hydrogen (secondary N) is 1. The van der Waals surface area contributed by atoms with Crippen LogP contribution in [0, 0.1) is 12.8 Å². The number of likely N-dealkylation sites (tertiary alicyclic amines) is 1.